The number of nitrogens with zero attached hydrogens (tertiary/aromatic N) is 1. The van der Waals surface area contributed by atoms with E-state index in [4.69, 9.17) is 4.74 Å². The number of hydrogen-bond donors (Lipinski definition) is 1. The molecule has 0 fully saturated rings. The maximum atomic E-state index is 13.6. The highest BCUT2D eigenvalue weighted by atomic mass is 19.1. The number of carbonyl (C=O) groups is 2. The van der Waals surface area contributed by atoms with Gasteiger partial charge in [0.05, 0.1) is 18.0 Å². The molecular formula is C22H22FNO4. The van der Waals surface area contributed by atoms with Crippen LogP contribution in [0.15, 0.2) is 42.5 Å². The average molecular weight is 383 g/mol. The highest BCUT2D eigenvalue weighted by molar-refractivity contribution is 6.04. The Hall–Kier alpha value is -3.15. The smallest absolute Gasteiger partial charge is 0.310 e. The Balaban J connectivity index is 2.10. The van der Waals surface area contributed by atoms with Crippen molar-refractivity contribution in [1.82, 2.24) is 4.57 Å². The first kappa shape index (κ1) is 19.6. The fourth-order valence-corrected chi connectivity index (χ4v) is 3.20. The van der Waals surface area contributed by atoms with Crippen LogP contribution in [0.1, 0.15) is 41.9 Å². The van der Waals surface area contributed by atoms with Gasteiger partial charge in [-0.15, -0.1) is 0 Å². The Morgan fingerprint density at radius 2 is 1.96 bits per heavy atom. The maximum Gasteiger partial charge on any atom is 0.310 e. The van der Waals surface area contributed by atoms with E-state index in [1.54, 1.807) is 13.0 Å². The summed E-state index contributed by atoms with van der Waals surface area (Å²) in [7, 11) is 0. The Morgan fingerprint density at radius 3 is 2.64 bits per heavy atom. The van der Waals surface area contributed by atoms with E-state index in [0.717, 1.165) is 0 Å². The minimum absolute atomic E-state index is 0.0272. The third kappa shape index (κ3) is 3.76. The number of carbonyl (C=O) groups excluding carboxylic acids is 2. The molecule has 0 aliphatic rings. The molecule has 1 N–H and O–H groups in total. The molecule has 1 atom stereocenters. The molecule has 3 aromatic rings. The zero-order chi connectivity index (χ0) is 20.4. The Labute approximate surface area is 162 Å². The van der Waals surface area contributed by atoms with Crippen LogP contribution in [0, 0.1) is 12.7 Å². The molecule has 0 aliphatic heterocycles. The van der Waals surface area contributed by atoms with Crippen LogP contribution in [0.2, 0.25) is 0 Å². The van der Waals surface area contributed by atoms with Crippen molar-refractivity contribution >= 4 is 22.8 Å². The number of phenolic OH excluding ortho intramolecular Hbond substituents is 1. The van der Waals surface area contributed by atoms with E-state index in [9.17, 15) is 19.1 Å². The zero-order valence-corrected chi connectivity index (χ0v) is 16.0. The lowest BCUT2D eigenvalue weighted by Gasteiger charge is -2.11. The van der Waals surface area contributed by atoms with E-state index in [2.05, 4.69) is 0 Å². The highest BCUT2D eigenvalue weighted by Gasteiger charge is 2.23. The second-order valence-electron chi connectivity index (χ2n) is 6.80. The Kier molecular flexibility index (Phi) is 5.49. The molecule has 0 amide bonds. The van der Waals surface area contributed by atoms with Crippen molar-refractivity contribution in [1.29, 1.82) is 0 Å². The van der Waals surface area contributed by atoms with Gasteiger partial charge in [-0.1, -0.05) is 13.0 Å². The number of hydrogen-bond acceptors (Lipinski definition) is 4. The van der Waals surface area contributed by atoms with E-state index in [-0.39, 0.29) is 23.8 Å². The SMILES string of the molecule is CCC(C)OC(=O)Cc1c(C)n(C(=O)c2cccc(F)c2)c2ccc(O)cc12. The Morgan fingerprint density at radius 1 is 1.21 bits per heavy atom. The predicted molar refractivity (Wildman–Crippen MR) is 104 cm³/mol. The summed E-state index contributed by atoms with van der Waals surface area (Å²) in [5, 5.41) is 10.5. The first-order valence-electron chi connectivity index (χ1n) is 9.14. The van der Waals surface area contributed by atoms with Crippen molar-refractivity contribution in [3.63, 3.8) is 0 Å². The monoisotopic (exact) mass is 383 g/mol. The summed E-state index contributed by atoms with van der Waals surface area (Å²) in [5.41, 5.74) is 1.89. The summed E-state index contributed by atoms with van der Waals surface area (Å²) < 4.78 is 20.4. The van der Waals surface area contributed by atoms with Crippen molar-refractivity contribution in [3.05, 3.63) is 65.1 Å². The van der Waals surface area contributed by atoms with E-state index < -0.39 is 17.7 Å². The van der Waals surface area contributed by atoms with Crippen molar-refractivity contribution < 1.29 is 23.8 Å². The number of ether oxygens (including phenoxy) is 1. The third-order valence-electron chi connectivity index (χ3n) is 4.82. The van der Waals surface area contributed by atoms with Gasteiger partial charge in [-0.05, 0) is 62.2 Å². The average Bonchev–Trinajstić information content (AvgIpc) is 2.92. The second-order valence-corrected chi connectivity index (χ2v) is 6.80. The van der Waals surface area contributed by atoms with Crippen LogP contribution >= 0.6 is 0 Å². The van der Waals surface area contributed by atoms with Gasteiger partial charge < -0.3 is 9.84 Å². The molecule has 5 nitrogen and oxygen atoms in total. The maximum absolute atomic E-state index is 13.6. The molecule has 3 rings (SSSR count). The van der Waals surface area contributed by atoms with Gasteiger partial charge in [0.2, 0.25) is 0 Å². The van der Waals surface area contributed by atoms with E-state index in [1.165, 1.54) is 41.0 Å². The molecule has 28 heavy (non-hydrogen) atoms. The molecule has 0 saturated heterocycles. The number of aromatic hydroxyl groups is 1. The van der Waals surface area contributed by atoms with Crippen LogP contribution in [0.5, 0.6) is 5.75 Å². The zero-order valence-electron chi connectivity index (χ0n) is 16.0. The van der Waals surface area contributed by atoms with Crippen molar-refractivity contribution in [3.8, 4) is 5.75 Å². The number of benzene rings is 2. The van der Waals surface area contributed by atoms with Gasteiger partial charge in [0.25, 0.3) is 5.91 Å². The topological polar surface area (TPSA) is 68.5 Å². The van der Waals surface area contributed by atoms with Crippen molar-refractivity contribution in [2.24, 2.45) is 0 Å². The van der Waals surface area contributed by atoms with Crippen LogP contribution in [0.25, 0.3) is 10.9 Å². The summed E-state index contributed by atoms with van der Waals surface area (Å²) >= 11 is 0. The van der Waals surface area contributed by atoms with Crippen molar-refractivity contribution in [2.45, 2.75) is 39.7 Å². The van der Waals surface area contributed by atoms with Gasteiger partial charge in [0.1, 0.15) is 11.6 Å². The minimum Gasteiger partial charge on any atom is -0.508 e. The number of fused-ring (bicyclic) bond motifs is 1. The standard InChI is InChI=1S/C22H22FNO4/c1-4-13(2)28-21(26)12-18-14(3)24(20-9-8-17(25)11-19(18)20)22(27)15-6-5-7-16(23)10-15/h5-11,13,25H,4,12H2,1-3H3. The van der Waals surface area contributed by atoms with Gasteiger partial charge in [-0.3, -0.25) is 14.2 Å². The molecule has 146 valence electrons. The van der Waals surface area contributed by atoms with Crippen LogP contribution < -0.4 is 0 Å². The highest BCUT2D eigenvalue weighted by Crippen LogP contribution is 2.30. The predicted octanol–water partition coefficient (Wildman–Crippen LogP) is 4.37. The molecule has 2 aromatic carbocycles. The van der Waals surface area contributed by atoms with Crippen LogP contribution in [0.4, 0.5) is 4.39 Å². The third-order valence-corrected chi connectivity index (χ3v) is 4.82. The van der Waals surface area contributed by atoms with Gasteiger partial charge in [-0.25, -0.2) is 4.39 Å². The fourth-order valence-electron chi connectivity index (χ4n) is 3.20. The quantitative estimate of drug-likeness (QED) is 0.665. The fraction of sp³-hybridized carbons (Fsp3) is 0.273. The molecule has 0 radical (unpaired) electrons. The molecular weight excluding hydrogens is 361 g/mol. The van der Waals surface area contributed by atoms with Crippen molar-refractivity contribution in [2.75, 3.05) is 0 Å². The molecule has 6 heteroatoms. The summed E-state index contributed by atoms with van der Waals surface area (Å²) in [6, 6.07) is 10.0. The molecule has 0 aliphatic carbocycles. The van der Waals surface area contributed by atoms with E-state index in [1.807, 2.05) is 13.8 Å². The second kappa shape index (κ2) is 7.84. The molecule has 0 bridgehead atoms. The summed E-state index contributed by atoms with van der Waals surface area (Å²) in [4.78, 5) is 25.4. The van der Waals surface area contributed by atoms with Gasteiger partial charge in [-0.2, -0.15) is 0 Å². The summed E-state index contributed by atoms with van der Waals surface area (Å²) in [6.07, 6.45) is 0.466. The summed E-state index contributed by atoms with van der Waals surface area (Å²) in [6.45, 7) is 5.46. The molecule has 1 aromatic heterocycles. The first-order valence-corrected chi connectivity index (χ1v) is 9.14. The van der Waals surface area contributed by atoms with Gasteiger partial charge >= 0.3 is 5.97 Å². The van der Waals surface area contributed by atoms with Gasteiger partial charge in [0, 0.05) is 16.6 Å². The number of esters is 1. The van der Waals surface area contributed by atoms with Crippen LogP contribution in [-0.4, -0.2) is 27.7 Å². The van der Waals surface area contributed by atoms with Crippen LogP contribution in [0.3, 0.4) is 0 Å². The summed E-state index contributed by atoms with van der Waals surface area (Å²) in [5.74, 6) is -1.29. The largest absolute Gasteiger partial charge is 0.508 e. The minimum atomic E-state index is -0.505. The normalized spacial score (nSPS) is 12.1. The van der Waals surface area contributed by atoms with Crippen LogP contribution in [-0.2, 0) is 16.0 Å². The lowest BCUT2D eigenvalue weighted by atomic mass is 10.1. The molecule has 1 unspecified atom stereocenters. The number of rotatable bonds is 5. The number of phenols is 1. The molecule has 0 saturated carbocycles. The first-order chi connectivity index (χ1) is 13.3. The number of aromatic nitrogens is 1. The molecule has 1 heterocycles. The lowest BCUT2D eigenvalue weighted by Crippen LogP contribution is -2.17. The lowest BCUT2D eigenvalue weighted by molar-refractivity contribution is -0.147. The van der Waals surface area contributed by atoms with E-state index >= 15 is 0 Å². The van der Waals surface area contributed by atoms with E-state index in [0.29, 0.717) is 28.6 Å². The number of halogens is 1. The molecule has 0 spiro atoms. The van der Waals surface area contributed by atoms with Gasteiger partial charge in [0.15, 0.2) is 0 Å². The Bertz CT molecular complexity index is 1050.